The molecule has 0 bridgehead atoms. The standard InChI is InChI=1S/C16H25Cl2N/c1-13(2)7-5-8-14(3)9-6-10-15(4)11-12-19-16(17)18/h7,9,11-12,16,19H,4-6,8,10H2,1-3H3/b12-11+,14-9+. The second kappa shape index (κ2) is 11.2. The average molecular weight is 302 g/mol. The fourth-order valence-electron chi connectivity index (χ4n) is 1.52. The van der Waals surface area contributed by atoms with Gasteiger partial charge in [-0.25, -0.2) is 0 Å². The van der Waals surface area contributed by atoms with Gasteiger partial charge in [0.2, 0.25) is 0 Å². The summed E-state index contributed by atoms with van der Waals surface area (Å²) in [5.41, 5.74) is 3.89. The minimum atomic E-state index is -0.568. The lowest BCUT2D eigenvalue weighted by atomic mass is 10.1. The molecule has 0 saturated carbocycles. The van der Waals surface area contributed by atoms with Crippen molar-refractivity contribution < 1.29 is 0 Å². The van der Waals surface area contributed by atoms with Crippen LogP contribution >= 0.6 is 23.2 Å². The largest absolute Gasteiger partial charge is 0.363 e. The van der Waals surface area contributed by atoms with Crippen molar-refractivity contribution in [3.05, 3.63) is 47.7 Å². The van der Waals surface area contributed by atoms with E-state index in [4.69, 9.17) is 23.2 Å². The van der Waals surface area contributed by atoms with Crippen molar-refractivity contribution in [2.24, 2.45) is 0 Å². The number of allylic oxidation sites excluding steroid dienone is 6. The molecule has 1 nitrogen and oxygen atoms in total. The zero-order valence-electron chi connectivity index (χ0n) is 12.2. The van der Waals surface area contributed by atoms with Gasteiger partial charge in [-0.1, -0.05) is 58.7 Å². The van der Waals surface area contributed by atoms with E-state index >= 15 is 0 Å². The van der Waals surface area contributed by atoms with Crippen LogP contribution in [-0.2, 0) is 0 Å². The maximum absolute atomic E-state index is 5.54. The minimum Gasteiger partial charge on any atom is -0.363 e. The fraction of sp³-hybridized carbons (Fsp3) is 0.500. The highest BCUT2D eigenvalue weighted by atomic mass is 35.5. The Balaban J connectivity index is 3.84. The minimum absolute atomic E-state index is 0.568. The topological polar surface area (TPSA) is 12.0 Å². The van der Waals surface area contributed by atoms with E-state index in [1.807, 2.05) is 6.08 Å². The normalized spacial score (nSPS) is 12.0. The maximum Gasteiger partial charge on any atom is 0.177 e. The van der Waals surface area contributed by atoms with Crippen molar-refractivity contribution in [1.29, 1.82) is 0 Å². The summed E-state index contributed by atoms with van der Waals surface area (Å²) in [4.78, 5) is -0.568. The smallest absolute Gasteiger partial charge is 0.177 e. The predicted molar refractivity (Wildman–Crippen MR) is 88.6 cm³/mol. The van der Waals surface area contributed by atoms with Crippen LogP contribution in [0.3, 0.4) is 0 Å². The van der Waals surface area contributed by atoms with Gasteiger partial charge in [0.15, 0.2) is 4.96 Å². The van der Waals surface area contributed by atoms with Gasteiger partial charge < -0.3 is 5.32 Å². The van der Waals surface area contributed by atoms with Crippen LogP contribution in [0.25, 0.3) is 0 Å². The van der Waals surface area contributed by atoms with E-state index in [-0.39, 0.29) is 0 Å². The van der Waals surface area contributed by atoms with Gasteiger partial charge in [-0.15, -0.1) is 0 Å². The Morgan fingerprint density at radius 3 is 2.32 bits per heavy atom. The second-order valence-electron chi connectivity index (χ2n) is 4.87. The maximum atomic E-state index is 5.54. The third-order valence-electron chi connectivity index (χ3n) is 2.59. The molecule has 0 aromatic rings. The Morgan fingerprint density at radius 1 is 1.11 bits per heavy atom. The van der Waals surface area contributed by atoms with Crippen molar-refractivity contribution in [2.45, 2.75) is 51.4 Å². The SMILES string of the molecule is C=C(/C=C/NC(Cl)Cl)CC/C=C(\C)CCC=C(C)C. The molecule has 108 valence electrons. The van der Waals surface area contributed by atoms with E-state index in [2.05, 4.69) is 44.8 Å². The molecule has 0 aliphatic heterocycles. The van der Waals surface area contributed by atoms with E-state index in [9.17, 15) is 0 Å². The third kappa shape index (κ3) is 13.6. The summed E-state index contributed by atoms with van der Waals surface area (Å²) in [5, 5.41) is 2.78. The molecule has 0 saturated heterocycles. The van der Waals surface area contributed by atoms with Crippen LogP contribution in [0.1, 0.15) is 46.5 Å². The van der Waals surface area contributed by atoms with E-state index in [1.165, 1.54) is 11.1 Å². The first-order valence-electron chi connectivity index (χ1n) is 6.59. The van der Waals surface area contributed by atoms with Gasteiger partial charge >= 0.3 is 0 Å². The zero-order valence-corrected chi connectivity index (χ0v) is 13.7. The van der Waals surface area contributed by atoms with Crippen molar-refractivity contribution in [3.8, 4) is 0 Å². The molecule has 0 radical (unpaired) electrons. The van der Waals surface area contributed by atoms with Crippen LogP contribution < -0.4 is 5.32 Å². The highest BCUT2D eigenvalue weighted by molar-refractivity contribution is 6.43. The van der Waals surface area contributed by atoms with Gasteiger partial charge in [-0.05, 0) is 58.7 Å². The Morgan fingerprint density at radius 2 is 1.74 bits per heavy atom. The molecule has 0 spiro atoms. The zero-order chi connectivity index (χ0) is 14.7. The molecule has 3 heteroatoms. The average Bonchev–Trinajstić information content (AvgIpc) is 2.27. The lowest BCUT2D eigenvalue weighted by Crippen LogP contribution is -2.09. The summed E-state index contributed by atoms with van der Waals surface area (Å²) < 4.78 is 0. The Bertz CT molecular complexity index is 348. The van der Waals surface area contributed by atoms with Gasteiger partial charge in [0.25, 0.3) is 0 Å². The molecule has 1 N–H and O–H groups in total. The molecule has 19 heavy (non-hydrogen) atoms. The fourth-order valence-corrected chi connectivity index (χ4v) is 1.66. The molecule has 0 atom stereocenters. The van der Waals surface area contributed by atoms with Crippen LogP contribution in [0.5, 0.6) is 0 Å². The molecule has 0 aliphatic rings. The molecule has 0 aliphatic carbocycles. The first-order valence-corrected chi connectivity index (χ1v) is 7.46. The van der Waals surface area contributed by atoms with Gasteiger partial charge in [0.1, 0.15) is 0 Å². The Labute approximate surface area is 128 Å². The summed E-state index contributed by atoms with van der Waals surface area (Å²) in [6, 6.07) is 0. The first kappa shape index (κ1) is 18.3. The Hall–Kier alpha value is -0.660. The van der Waals surface area contributed by atoms with E-state index in [0.29, 0.717) is 0 Å². The van der Waals surface area contributed by atoms with Gasteiger partial charge in [0.05, 0.1) is 0 Å². The quantitative estimate of drug-likeness (QED) is 0.243. The highest BCUT2D eigenvalue weighted by Gasteiger charge is 1.93. The number of rotatable bonds is 9. The molecule has 0 fully saturated rings. The summed E-state index contributed by atoms with van der Waals surface area (Å²) in [6.07, 6.45) is 12.4. The predicted octanol–water partition coefficient (Wildman–Crippen LogP) is 5.88. The molecular formula is C16H25Cl2N. The molecule has 0 aromatic carbocycles. The lowest BCUT2D eigenvalue weighted by molar-refractivity contribution is 0.925. The molecule has 0 rings (SSSR count). The molecule has 0 aromatic heterocycles. The third-order valence-corrected chi connectivity index (χ3v) is 2.84. The summed E-state index contributed by atoms with van der Waals surface area (Å²) in [7, 11) is 0. The first-order chi connectivity index (χ1) is 8.91. The number of nitrogens with one attached hydrogen (secondary N) is 1. The highest BCUT2D eigenvalue weighted by Crippen LogP contribution is 2.11. The number of hydrogen-bond donors (Lipinski definition) is 1. The Kier molecular flexibility index (Phi) is 10.8. The van der Waals surface area contributed by atoms with Crippen molar-refractivity contribution in [3.63, 3.8) is 0 Å². The van der Waals surface area contributed by atoms with E-state index in [0.717, 1.165) is 31.3 Å². The number of halogens is 2. The number of hydrogen-bond acceptors (Lipinski definition) is 1. The second-order valence-corrected chi connectivity index (χ2v) is 5.96. The van der Waals surface area contributed by atoms with Crippen molar-refractivity contribution >= 4 is 23.2 Å². The van der Waals surface area contributed by atoms with Crippen LogP contribution in [0, 0.1) is 0 Å². The van der Waals surface area contributed by atoms with Crippen LogP contribution in [-0.4, -0.2) is 4.96 Å². The van der Waals surface area contributed by atoms with Gasteiger partial charge in [-0.3, -0.25) is 0 Å². The number of alkyl halides is 2. The van der Waals surface area contributed by atoms with Gasteiger partial charge in [0, 0.05) is 0 Å². The molecule has 0 heterocycles. The van der Waals surface area contributed by atoms with Gasteiger partial charge in [-0.2, -0.15) is 0 Å². The van der Waals surface area contributed by atoms with E-state index in [1.54, 1.807) is 6.20 Å². The van der Waals surface area contributed by atoms with Crippen LogP contribution in [0.4, 0.5) is 0 Å². The van der Waals surface area contributed by atoms with E-state index < -0.39 is 4.96 Å². The molecule has 0 amide bonds. The summed E-state index contributed by atoms with van der Waals surface area (Å²) in [6.45, 7) is 10.4. The van der Waals surface area contributed by atoms with Crippen LogP contribution in [0.15, 0.2) is 47.7 Å². The van der Waals surface area contributed by atoms with Crippen molar-refractivity contribution in [1.82, 2.24) is 5.32 Å². The van der Waals surface area contributed by atoms with Crippen LogP contribution in [0.2, 0.25) is 0 Å². The summed E-state index contributed by atoms with van der Waals surface area (Å²) >= 11 is 11.1. The van der Waals surface area contributed by atoms with Crippen molar-refractivity contribution in [2.75, 3.05) is 0 Å². The summed E-state index contributed by atoms with van der Waals surface area (Å²) in [5.74, 6) is 0. The monoisotopic (exact) mass is 301 g/mol. The molecular weight excluding hydrogens is 277 g/mol. The lowest BCUT2D eigenvalue weighted by Gasteiger charge is -2.02. The molecule has 0 unspecified atom stereocenters.